The van der Waals surface area contributed by atoms with Crippen molar-refractivity contribution in [1.82, 2.24) is 4.98 Å². The van der Waals surface area contributed by atoms with E-state index >= 15 is 0 Å². The minimum Gasteiger partial charge on any atom is -0.465 e. The molecule has 0 aliphatic carbocycles. The molecule has 0 spiro atoms. The Morgan fingerprint density at radius 2 is 1.50 bits per heavy atom. The van der Waals surface area contributed by atoms with Crippen LogP contribution in [-0.2, 0) is 9.47 Å². The maximum Gasteiger partial charge on any atom is 0.339 e. The highest BCUT2D eigenvalue weighted by molar-refractivity contribution is 6.38. The van der Waals surface area contributed by atoms with E-state index in [-0.39, 0.29) is 37.8 Å². The van der Waals surface area contributed by atoms with Crippen LogP contribution < -0.4 is 0 Å². The third-order valence-electron chi connectivity index (χ3n) is 4.12. The normalized spacial score (nSPS) is 10.6. The number of ether oxygens (including phenoxy) is 2. The van der Waals surface area contributed by atoms with Gasteiger partial charge in [-0.05, 0) is 17.5 Å². The van der Waals surface area contributed by atoms with E-state index in [0.717, 1.165) is 14.2 Å². The third kappa shape index (κ3) is 3.44. The van der Waals surface area contributed by atoms with Crippen LogP contribution in [0, 0.1) is 0 Å². The molecule has 0 atom stereocenters. The molecule has 0 amide bonds. The van der Waals surface area contributed by atoms with E-state index in [9.17, 15) is 14.4 Å². The molecule has 0 saturated carbocycles. The Balaban J connectivity index is 2.51. The first-order valence-corrected chi connectivity index (χ1v) is 8.73. The first-order valence-electron chi connectivity index (χ1n) is 7.98. The van der Waals surface area contributed by atoms with Crippen LogP contribution in [0.3, 0.4) is 0 Å². The van der Waals surface area contributed by atoms with Gasteiger partial charge in [-0.1, -0.05) is 53.5 Å². The second kappa shape index (κ2) is 7.96. The Hall–Kier alpha value is -2.96. The highest BCUT2D eigenvalue weighted by Crippen LogP contribution is 2.34. The summed E-state index contributed by atoms with van der Waals surface area (Å²) in [6.45, 7) is 0. The van der Waals surface area contributed by atoms with Gasteiger partial charge in [0.05, 0.1) is 25.3 Å². The summed E-state index contributed by atoms with van der Waals surface area (Å²) < 4.78 is 9.60. The zero-order chi connectivity index (χ0) is 20.4. The summed E-state index contributed by atoms with van der Waals surface area (Å²) in [6, 6.07) is 11.0. The Morgan fingerprint density at radius 3 is 2.11 bits per heavy atom. The van der Waals surface area contributed by atoms with Gasteiger partial charge >= 0.3 is 11.9 Å². The molecule has 0 N–H and O–H groups in total. The van der Waals surface area contributed by atoms with Gasteiger partial charge in [0.2, 0.25) is 0 Å². The monoisotopic (exact) mass is 417 g/mol. The number of halogens is 2. The number of methoxy groups -OCH3 is 2. The van der Waals surface area contributed by atoms with Crippen molar-refractivity contribution in [3.8, 4) is 0 Å². The molecule has 0 aliphatic heterocycles. The first kappa shape index (κ1) is 19.8. The molecule has 1 aromatic heterocycles. The van der Waals surface area contributed by atoms with Crippen molar-refractivity contribution < 1.29 is 23.9 Å². The van der Waals surface area contributed by atoms with Crippen LogP contribution in [0.25, 0.3) is 10.8 Å². The fourth-order valence-corrected chi connectivity index (χ4v) is 3.36. The minimum absolute atomic E-state index is 0.0221. The minimum atomic E-state index is -0.870. The van der Waals surface area contributed by atoms with Crippen molar-refractivity contribution in [2.24, 2.45) is 0 Å². The van der Waals surface area contributed by atoms with Crippen LogP contribution >= 0.6 is 23.2 Å². The highest BCUT2D eigenvalue weighted by atomic mass is 35.5. The fraction of sp³-hybridized carbons (Fsp3) is 0.100. The van der Waals surface area contributed by atoms with Crippen molar-refractivity contribution >= 4 is 51.7 Å². The lowest BCUT2D eigenvalue weighted by Crippen LogP contribution is -2.18. The van der Waals surface area contributed by atoms with Crippen LogP contribution in [0.1, 0.15) is 36.6 Å². The topological polar surface area (TPSA) is 82.6 Å². The van der Waals surface area contributed by atoms with Crippen molar-refractivity contribution in [1.29, 1.82) is 0 Å². The maximum absolute atomic E-state index is 13.3. The van der Waals surface area contributed by atoms with Gasteiger partial charge in [-0.3, -0.25) is 4.79 Å². The molecule has 28 heavy (non-hydrogen) atoms. The van der Waals surface area contributed by atoms with E-state index in [1.165, 1.54) is 12.1 Å². The Morgan fingerprint density at radius 1 is 0.857 bits per heavy atom. The fourth-order valence-electron chi connectivity index (χ4n) is 2.88. The number of aromatic nitrogens is 1. The number of nitrogens with zero attached hydrogens (tertiary/aromatic N) is 1. The second-order valence-electron chi connectivity index (χ2n) is 5.68. The number of ketones is 1. The molecule has 1 heterocycles. The molecule has 8 heteroatoms. The number of carbonyl (C=O) groups excluding carboxylic acids is 3. The average Bonchev–Trinajstić information content (AvgIpc) is 2.71. The van der Waals surface area contributed by atoms with Gasteiger partial charge in [0.15, 0.2) is 5.78 Å². The summed E-state index contributed by atoms with van der Waals surface area (Å²) in [7, 11) is 2.31. The molecule has 2 aromatic carbocycles. The standard InChI is InChI=1S/C20H13Cl2NO5/c1-27-19(25)13-8-12-11(9-14(21)23-18(12)22)15(16(13)20(26)28-2)17(24)10-6-4-3-5-7-10/h3-9H,1-2H3. The summed E-state index contributed by atoms with van der Waals surface area (Å²) in [5, 5.41) is 0.553. The number of hydrogen-bond acceptors (Lipinski definition) is 6. The number of esters is 2. The number of pyridine rings is 1. The van der Waals surface area contributed by atoms with Crippen molar-refractivity contribution in [2.45, 2.75) is 0 Å². The lowest BCUT2D eigenvalue weighted by molar-refractivity contribution is 0.0554. The van der Waals surface area contributed by atoms with E-state index in [0.29, 0.717) is 5.56 Å². The molecular formula is C20H13Cl2NO5. The van der Waals surface area contributed by atoms with Crippen LogP contribution in [0.2, 0.25) is 10.3 Å². The Bertz CT molecular complexity index is 1110. The third-order valence-corrected chi connectivity index (χ3v) is 4.60. The van der Waals surface area contributed by atoms with Gasteiger partial charge in [-0.2, -0.15) is 0 Å². The van der Waals surface area contributed by atoms with Gasteiger partial charge in [-0.25, -0.2) is 14.6 Å². The number of rotatable bonds is 4. The van der Waals surface area contributed by atoms with Crippen molar-refractivity contribution in [2.75, 3.05) is 14.2 Å². The SMILES string of the molecule is COC(=O)c1cc2c(Cl)nc(Cl)cc2c(C(=O)c2ccccc2)c1C(=O)OC. The number of hydrogen-bond donors (Lipinski definition) is 0. The zero-order valence-corrected chi connectivity index (χ0v) is 16.3. The van der Waals surface area contributed by atoms with Gasteiger partial charge in [0, 0.05) is 16.5 Å². The second-order valence-corrected chi connectivity index (χ2v) is 6.43. The number of benzene rings is 2. The Labute approximate surface area is 170 Å². The summed E-state index contributed by atoms with van der Waals surface area (Å²) in [6.07, 6.45) is 0. The molecular weight excluding hydrogens is 405 g/mol. The summed E-state index contributed by atoms with van der Waals surface area (Å²) >= 11 is 12.2. The van der Waals surface area contributed by atoms with E-state index in [2.05, 4.69) is 4.98 Å². The summed E-state index contributed by atoms with van der Waals surface area (Å²) in [5.74, 6) is -2.20. The largest absolute Gasteiger partial charge is 0.465 e. The molecule has 0 aliphatic rings. The van der Waals surface area contributed by atoms with E-state index in [1.54, 1.807) is 30.3 Å². The quantitative estimate of drug-likeness (QED) is 0.356. The predicted molar refractivity (Wildman–Crippen MR) is 104 cm³/mol. The Kier molecular flexibility index (Phi) is 5.63. The summed E-state index contributed by atoms with van der Waals surface area (Å²) in [4.78, 5) is 42.2. The molecule has 0 saturated heterocycles. The van der Waals surface area contributed by atoms with Gasteiger partial charge < -0.3 is 9.47 Å². The summed E-state index contributed by atoms with van der Waals surface area (Å²) in [5.41, 5.74) is -0.150. The highest BCUT2D eigenvalue weighted by Gasteiger charge is 2.30. The molecule has 0 radical (unpaired) electrons. The molecule has 0 unspecified atom stereocenters. The van der Waals surface area contributed by atoms with Crippen LogP contribution in [0.5, 0.6) is 0 Å². The molecule has 3 aromatic rings. The number of fused-ring (bicyclic) bond motifs is 1. The molecule has 3 rings (SSSR count). The van der Waals surface area contributed by atoms with Crippen LogP contribution in [0.4, 0.5) is 0 Å². The average molecular weight is 418 g/mol. The zero-order valence-electron chi connectivity index (χ0n) is 14.8. The molecule has 6 nitrogen and oxygen atoms in total. The maximum atomic E-state index is 13.3. The van der Waals surface area contributed by atoms with Gasteiger partial charge in [0.1, 0.15) is 10.3 Å². The number of carbonyl (C=O) groups is 3. The van der Waals surface area contributed by atoms with E-state index in [4.69, 9.17) is 32.7 Å². The lowest BCUT2D eigenvalue weighted by Gasteiger charge is -2.15. The lowest BCUT2D eigenvalue weighted by atomic mass is 9.89. The van der Waals surface area contributed by atoms with E-state index < -0.39 is 17.7 Å². The molecule has 0 bridgehead atoms. The predicted octanol–water partition coefficient (Wildman–Crippen LogP) is 4.35. The van der Waals surface area contributed by atoms with Gasteiger partial charge in [0.25, 0.3) is 0 Å². The molecule has 0 fully saturated rings. The van der Waals surface area contributed by atoms with Crippen LogP contribution in [-0.4, -0.2) is 36.9 Å². The first-order chi connectivity index (χ1) is 13.4. The van der Waals surface area contributed by atoms with Gasteiger partial charge in [-0.15, -0.1) is 0 Å². The van der Waals surface area contributed by atoms with Crippen LogP contribution in [0.15, 0.2) is 42.5 Å². The van der Waals surface area contributed by atoms with E-state index in [1.807, 2.05) is 0 Å². The molecule has 142 valence electrons. The van der Waals surface area contributed by atoms with Crippen molar-refractivity contribution in [3.05, 3.63) is 75.0 Å². The van der Waals surface area contributed by atoms with Crippen molar-refractivity contribution in [3.63, 3.8) is 0 Å². The smallest absolute Gasteiger partial charge is 0.339 e.